The third-order valence-electron chi connectivity index (χ3n) is 6.84. The van der Waals surface area contributed by atoms with Crippen molar-refractivity contribution in [2.75, 3.05) is 11.9 Å². The van der Waals surface area contributed by atoms with Crippen LogP contribution < -0.4 is 5.32 Å². The van der Waals surface area contributed by atoms with Gasteiger partial charge in [-0.25, -0.2) is 4.79 Å². The van der Waals surface area contributed by atoms with Crippen LogP contribution in [0.4, 0.5) is 5.69 Å². The number of amides is 2. The summed E-state index contributed by atoms with van der Waals surface area (Å²) >= 11 is 9.77. The molecular formula is C29H24BrClN6O4. The summed E-state index contributed by atoms with van der Waals surface area (Å²) < 4.78 is 2.33. The third kappa shape index (κ3) is 5.91. The molecule has 1 aromatic heterocycles. The molecule has 208 valence electrons. The lowest BCUT2D eigenvalue weighted by atomic mass is 9.75. The largest absolute Gasteiger partial charge is 0.478 e. The van der Waals surface area contributed by atoms with Crippen LogP contribution in [0.2, 0.25) is 5.02 Å². The predicted molar refractivity (Wildman–Crippen MR) is 157 cm³/mol. The number of halogens is 2. The quantitative estimate of drug-likeness (QED) is 0.275. The standard InChI is InChI=1S/C29H24BrClN6O4/c1-29(2)15-36(25(38)12-5-18-13-20(31)7-11-24(18)37-16-32-34-35-37)26(22-10-6-19(30)14-23(22)29)27(39)33-21-8-3-17(4-9-21)28(40)41/h3-14,16,26H,15H2,1-2H3,(H,33,39)(H,40,41)/b12-5+. The van der Waals surface area contributed by atoms with E-state index in [0.29, 0.717) is 27.5 Å². The van der Waals surface area contributed by atoms with E-state index in [-0.39, 0.29) is 18.0 Å². The molecule has 1 atom stereocenters. The van der Waals surface area contributed by atoms with Gasteiger partial charge in [-0.1, -0.05) is 47.4 Å². The van der Waals surface area contributed by atoms with Crippen LogP contribution in [-0.4, -0.2) is 54.5 Å². The highest BCUT2D eigenvalue weighted by Gasteiger charge is 2.42. The van der Waals surface area contributed by atoms with Crippen molar-refractivity contribution in [2.45, 2.75) is 25.3 Å². The Hall–Kier alpha value is -4.35. The second kappa shape index (κ2) is 11.3. The molecule has 4 aromatic rings. The van der Waals surface area contributed by atoms with Crippen LogP contribution in [0.3, 0.4) is 0 Å². The summed E-state index contributed by atoms with van der Waals surface area (Å²) in [5.41, 5.74) is 2.92. The molecule has 10 nitrogen and oxygen atoms in total. The second-order valence-electron chi connectivity index (χ2n) is 10.1. The van der Waals surface area contributed by atoms with E-state index in [2.05, 4.69) is 36.8 Å². The summed E-state index contributed by atoms with van der Waals surface area (Å²) in [6.45, 7) is 4.31. The Bertz CT molecular complexity index is 1670. The van der Waals surface area contributed by atoms with Gasteiger partial charge in [0.2, 0.25) is 5.91 Å². The van der Waals surface area contributed by atoms with E-state index in [4.69, 9.17) is 11.6 Å². The Morgan fingerprint density at radius 3 is 2.54 bits per heavy atom. The van der Waals surface area contributed by atoms with Crippen molar-refractivity contribution in [1.29, 1.82) is 0 Å². The lowest BCUT2D eigenvalue weighted by Crippen LogP contribution is -2.51. The van der Waals surface area contributed by atoms with Gasteiger partial charge in [0.1, 0.15) is 12.4 Å². The summed E-state index contributed by atoms with van der Waals surface area (Å²) in [5, 5.41) is 23.8. The fourth-order valence-corrected chi connectivity index (χ4v) is 5.46. The smallest absolute Gasteiger partial charge is 0.335 e. The summed E-state index contributed by atoms with van der Waals surface area (Å²) in [4.78, 5) is 40.4. The minimum atomic E-state index is -1.07. The normalized spacial score (nSPS) is 15.9. The highest BCUT2D eigenvalue weighted by atomic mass is 79.9. The highest BCUT2D eigenvalue weighted by Crippen LogP contribution is 2.41. The van der Waals surface area contributed by atoms with Crippen LogP contribution >= 0.6 is 27.5 Å². The fourth-order valence-electron chi connectivity index (χ4n) is 4.91. The number of anilines is 1. The zero-order valence-electron chi connectivity index (χ0n) is 22.0. The molecule has 2 N–H and O–H groups in total. The molecule has 0 fully saturated rings. The molecule has 0 radical (unpaired) electrons. The number of hydrogen-bond acceptors (Lipinski definition) is 6. The number of hydrogen-bond donors (Lipinski definition) is 2. The van der Waals surface area contributed by atoms with Gasteiger partial charge in [-0.05, 0) is 82.2 Å². The summed E-state index contributed by atoms with van der Waals surface area (Å²) in [5.74, 6) is -1.87. The number of rotatable bonds is 6. The molecule has 1 aliphatic rings. The fraction of sp³-hybridized carbons (Fsp3) is 0.172. The van der Waals surface area contributed by atoms with Gasteiger partial charge in [0.25, 0.3) is 5.91 Å². The number of carbonyl (C=O) groups excluding carboxylic acids is 2. The topological polar surface area (TPSA) is 130 Å². The predicted octanol–water partition coefficient (Wildman–Crippen LogP) is 5.29. The Kier molecular flexibility index (Phi) is 7.74. The van der Waals surface area contributed by atoms with Crippen molar-refractivity contribution >= 4 is 57.1 Å². The van der Waals surface area contributed by atoms with Crippen molar-refractivity contribution in [2.24, 2.45) is 0 Å². The molecule has 41 heavy (non-hydrogen) atoms. The van der Waals surface area contributed by atoms with Crippen LogP contribution in [0.15, 0.2) is 77.5 Å². The van der Waals surface area contributed by atoms with E-state index in [1.54, 1.807) is 24.3 Å². The van der Waals surface area contributed by atoms with Crippen molar-refractivity contribution in [3.63, 3.8) is 0 Å². The lowest BCUT2D eigenvalue weighted by molar-refractivity contribution is -0.136. The number of nitrogens with one attached hydrogen (secondary N) is 1. The SMILES string of the molecule is CC1(C)CN(C(=O)/C=C/c2cc(Cl)ccc2-n2cnnn2)C(C(=O)Nc2ccc(C(=O)O)cc2)c2ccc(Br)cc21. The maximum Gasteiger partial charge on any atom is 0.335 e. The molecular weight excluding hydrogens is 612 g/mol. The van der Waals surface area contributed by atoms with Crippen LogP contribution in [0, 0.1) is 0 Å². The van der Waals surface area contributed by atoms with E-state index < -0.39 is 23.3 Å². The van der Waals surface area contributed by atoms with Crippen LogP contribution in [0.1, 0.15) is 46.9 Å². The van der Waals surface area contributed by atoms with Gasteiger partial charge in [-0.15, -0.1) is 5.10 Å². The molecule has 2 amide bonds. The van der Waals surface area contributed by atoms with Crippen molar-refractivity contribution < 1.29 is 19.5 Å². The number of carboxylic acids is 1. The molecule has 12 heteroatoms. The Labute approximate surface area is 248 Å². The molecule has 0 bridgehead atoms. The van der Waals surface area contributed by atoms with Gasteiger partial charge in [0.05, 0.1) is 11.3 Å². The molecule has 0 spiro atoms. The van der Waals surface area contributed by atoms with Crippen LogP contribution in [0.5, 0.6) is 0 Å². The summed E-state index contributed by atoms with van der Waals surface area (Å²) in [6.07, 6.45) is 4.46. The average molecular weight is 636 g/mol. The molecule has 3 aromatic carbocycles. The number of aromatic nitrogens is 4. The Balaban J connectivity index is 1.51. The van der Waals surface area contributed by atoms with E-state index in [1.807, 2.05) is 32.0 Å². The van der Waals surface area contributed by atoms with Crippen LogP contribution in [0.25, 0.3) is 11.8 Å². The zero-order chi connectivity index (χ0) is 29.3. The number of nitrogens with zero attached hydrogens (tertiary/aromatic N) is 5. The Morgan fingerprint density at radius 1 is 1.10 bits per heavy atom. The van der Waals surface area contributed by atoms with E-state index in [1.165, 1.54) is 46.3 Å². The van der Waals surface area contributed by atoms with E-state index in [9.17, 15) is 19.5 Å². The molecule has 1 unspecified atom stereocenters. The average Bonchev–Trinajstić information content (AvgIpc) is 3.47. The van der Waals surface area contributed by atoms with Crippen molar-refractivity contribution in [3.05, 3.63) is 105 Å². The molecule has 2 heterocycles. The van der Waals surface area contributed by atoms with Crippen LogP contribution in [-0.2, 0) is 15.0 Å². The maximum atomic E-state index is 13.8. The van der Waals surface area contributed by atoms with Gasteiger partial charge in [-0.2, -0.15) is 4.68 Å². The summed E-state index contributed by atoms with van der Waals surface area (Å²) in [6, 6.07) is 15.7. The van der Waals surface area contributed by atoms with Crippen molar-refractivity contribution in [3.8, 4) is 5.69 Å². The van der Waals surface area contributed by atoms with Gasteiger partial charge in [0, 0.05) is 38.8 Å². The van der Waals surface area contributed by atoms with E-state index in [0.717, 1.165) is 10.0 Å². The minimum Gasteiger partial charge on any atom is -0.478 e. The number of tetrazole rings is 1. The van der Waals surface area contributed by atoms with E-state index >= 15 is 0 Å². The molecule has 0 saturated heterocycles. The second-order valence-corrected chi connectivity index (χ2v) is 11.5. The minimum absolute atomic E-state index is 0.0987. The number of aromatic carboxylic acids is 1. The Morgan fingerprint density at radius 2 is 1.85 bits per heavy atom. The molecule has 0 aliphatic carbocycles. The number of carbonyl (C=O) groups is 3. The van der Waals surface area contributed by atoms with Crippen molar-refractivity contribution in [1.82, 2.24) is 25.1 Å². The number of fused-ring (bicyclic) bond motifs is 1. The molecule has 0 saturated carbocycles. The maximum absolute atomic E-state index is 13.8. The first-order valence-electron chi connectivity index (χ1n) is 12.5. The number of carboxylic acid groups (broad SMARTS) is 1. The lowest BCUT2D eigenvalue weighted by Gasteiger charge is -2.44. The monoisotopic (exact) mass is 634 g/mol. The third-order valence-corrected chi connectivity index (χ3v) is 7.57. The summed E-state index contributed by atoms with van der Waals surface area (Å²) in [7, 11) is 0. The first-order chi connectivity index (χ1) is 19.5. The van der Waals surface area contributed by atoms with Gasteiger partial charge < -0.3 is 15.3 Å². The first kappa shape index (κ1) is 28.2. The zero-order valence-corrected chi connectivity index (χ0v) is 24.3. The first-order valence-corrected chi connectivity index (χ1v) is 13.7. The number of benzene rings is 3. The van der Waals surface area contributed by atoms with Gasteiger partial charge in [-0.3, -0.25) is 9.59 Å². The highest BCUT2D eigenvalue weighted by molar-refractivity contribution is 9.10. The van der Waals surface area contributed by atoms with Gasteiger partial charge in [0.15, 0.2) is 0 Å². The molecule has 1 aliphatic heterocycles. The molecule has 5 rings (SSSR count). The van der Waals surface area contributed by atoms with Gasteiger partial charge >= 0.3 is 5.97 Å².